The van der Waals surface area contributed by atoms with Gasteiger partial charge in [-0.05, 0) is 29.7 Å². The van der Waals surface area contributed by atoms with Crippen LogP contribution in [0.25, 0.3) is 10.1 Å². The Bertz CT molecular complexity index is 467. The van der Waals surface area contributed by atoms with Crippen molar-refractivity contribution in [2.75, 3.05) is 13.7 Å². The van der Waals surface area contributed by atoms with E-state index < -0.39 is 6.10 Å². The van der Waals surface area contributed by atoms with Gasteiger partial charge in [0, 0.05) is 16.7 Å². The predicted molar refractivity (Wildman–Crippen MR) is 58.6 cm³/mol. The van der Waals surface area contributed by atoms with Crippen molar-refractivity contribution in [3.8, 4) is 0 Å². The van der Waals surface area contributed by atoms with Crippen molar-refractivity contribution in [1.82, 2.24) is 0 Å². The van der Waals surface area contributed by atoms with Crippen molar-refractivity contribution in [3.05, 3.63) is 35.0 Å². The van der Waals surface area contributed by atoms with Crippen LogP contribution in [0.3, 0.4) is 0 Å². The summed E-state index contributed by atoms with van der Waals surface area (Å²) < 4.78 is 18.7. The molecule has 4 heteroatoms. The fourth-order valence-corrected chi connectivity index (χ4v) is 2.45. The van der Waals surface area contributed by atoms with E-state index in [2.05, 4.69) is 0 Å². The standard InChI is InChI=1S/C11H11FO2S/c1-14-6-9(13)11-5-7-4-8(12)2-3-10(7)15-11/h2-5,9,13H,6H2,1H3. The van der Waals surface area contributed by atoms with E-state index >= 15 is 0 Å². The van der Waals surface area contributed by atoms with Gasteiger partial charge in [-0.1, -0.05) is 0 Å². The maximum absolute atomic E-state index is 12.9. The number of aliphatic hydroxyl groups is 1. The summed E-state index contributed by atoms with van der Waals surface area (Å²) in [6.07, 6.45) is -0.629. The number of hydrogen-bond donors (Lipinski definition) is 1. The van der Waals surface area contributed by atoms with E-state index in [1.807, 2.05) is 0 Å². The van der Waals surface area contributed by atoms with E-state index in [1.165, 1.54) is 30.6 Å². The Labute approximate surface area is 90.9 Å². The van der Waals surface area contributed by atoms with Gasteiger partial charge in [0.25, 0.3) is 0 Å². The third kappa shape index (κ3) is 2.17. The molecule has 0 aliphatic carbocycles. The Hall–Kier alpha value is -0.970. The van der Waals surface area contributed by atoms with E-state index in [4.69, 9.17) is 4.74 Å². The maximum atomic E-state index is 12.9. The monoisotopic (exact) mass is 226 g/mol. The van der Waals surface area contributed by atoms with Crippen LogP contribution in [-0.4, -0.2) is 18.8 Å². The van der Waals surface area contributed by atoms with Gasteiger partial charge >= 0.3 is 0 Å². The summed E-state index contributed by atoms with van der Waals surface area (Å²) in [6, 6.07) is 6.41. The van der Waals surface area contributed by atoms with Gasteiger partial charge in [0.15, 0.2) is 0 Å². The summed E-state index contributed by atoms with van der Waals surface area (Å²) in [6.45, 7) is 0.259. The number of halogens is 1. The number of thiophene rings is 1. The Morgan fingerprint density at radius 1 is 1.47 bits per heavy atom. The van der Waals surface area contributed by atoms with Crippen molar-refractivity contribution >= 4 is 21.4 Å². The third-order valence-corrected chi connectivity index (χ3v) is 3.37. The van der Waals surface area contributed by atoms with Crippen LogP contribution in [0.5, 0.6) is 0 Å². The summed E-state index contributed by atoms with van der Waals surface area (Å²) in [5.41, 5.74) is 0. The van der Waals surface area contributed by atoms with Gasteiger partial charge in [-0.3, -0.25) is 0 Å². The van der Waals surface area contributed by atoms with Crippen LogP contribution in [0.1, 0.15) is 11.0 Å². The Kier molecular flexibility index (Phi) is 3.00. The van der Waals surface area contributed by atoms with E-state index in [0.29, 0.717) is 0 Å². The van der Waals surface area contributed by atoms with Gasteiger partial charge in [0.1, 0.15) is 11.9 Å². The van der Waals surface area contributed by atoms with Crippen molar-refractivity contribution in [3.63, 3.8) is 0 Å². The molecule has 1 unspecified atom stereocenters. The van der Waals surface area contributed by atoms with E-state index in [9.17, 15) is 9.50 Å². The zero-order valence-corrected chi connectivity index (χ0v) is 9.05. The van der Waals surface area contributed by atoms with Crippen LogP contribution in [0.15, 0.2) is 24.3 Å². The summed E-state index contributed by atoms with van der Waals surface area (Å²) in [7, 11) is 1.54. The molecule has 2 nitrogen and oxygen atoms in total. The lowest BCUT2D eigenvalue weighted by atomic mass is 10.2. The molecule has 80 valence electrons. The minimum absolute atomic E-state index is 0.256. The molecule has 0 saturated carbocycles. The van der Waals surface area contributed by atoms with Crippen molar-refractivity contribution < 1.29 is 14.2 Å². The van der Waals surface area contributed by atoms with Gasteiger partial charge in [-0.2, -0.15) is 0 Å². The lowest BCUT2D eigenvalue weighted by molar-refractivity contribution is 0.0667. The highest BCUT2D eigenvalue weighted by Gasteiger charge is 2.11. The first-order chi connectivity index (χ1) is 7.20. The number of aliphatic hydroxyl groups excluding tert-OH is 1. The molecule has 1 aromatic carbocycles. The summed E-state index contributed by atoms with van der Waals surface area (Å²) in [4.78, 5) is 0.803. The SMILES string of the molecule is COCC(O)c1cc2cc(F)ccc2s1. The number of methoxy groups -OCH3 is 1. The fraction of sp³-hybridized carbons (Fsp3) is 0.273. The van der Waals surface area contributed by atoms with Crippen LogP contribution in [0.4, 0.5) is 4.39 Å². The first-order valence-corrected chi connectivity index (χ1v) is 5.38. The van der Waals surface area contributed by atoms with Crippen LogP contribution in [0, 0.1) is 5.82 Å². The van der Waals surface area contributed by atoms with Crippen LogP contribution in [0.2, 0.25) is 0 Å². The summed E-state index contributed by atoms with van der Waals surface area (Å²) in [5, 5.41) is 10.5. The number of fused-ring (bicyclic) bond motifs is 1. The maximum Gasteiger partial charge on any atom is 0.123 e. The molecule has 0 spiro atoms. The number of ether oxygens (including phenoxy) is 1. The molecule has 1 heterocycles. The van der Waals surface area contributed by atoms with Crippen LogP contribution < -0.4 is 0 Å². The Balaban J connectivity index is 2.38. The minimum atomic E-state index is -0.629. The molecule has 15 heavy (non-hydrogen) atoms. The highest BCUT2D eigenvalue weighted by Crippen LogP contribution is 2.30. The molecule has 1 atom stereocenters. The van der Waals surface area contributed by atoms with Gasteiger partial charge < -0.3 is 9.84 Å². The van der Waals surface area contributed by atoms with Gasteiger partial charge in [-0.15, -0.1) is 11.3 Å². The number of rotatable bonds is 3. The van der Waals surface area contributed by atoms with Gasteiger partial charge in [-0.25, -0.2) is 4.39 Å². The molecule has 2 rings (SSSR count). The zero-order valence-electron chi connectivity index (χ0n) is 8.24. The second-order valence-corrected chi connectivity index (χ2v) is 4.42. The van der Waals surface area contributed by atoms with Gasteiger partial charge in [0.2, 0.25) is 0 Å². The second kappa shape index (κ2) is 4.26. The lowest BCUT2D eigenvalue weighted by Gasteiger charge is -2.04. The lowest BCUT2D eigenvalue weighted by Crippen LogP contribution is -2.02. The topological polar surface area (TPSA) is 29.5 Å². The molecule has 0 radical (unpaired) electrons. The second-order valence-electron chi connectivity index (χ2n) is 3.30. The van der Waals surface area contributed by atoms with Crippen LogP contribution in [-0.2, 0) is 4.74 Å². The van der Waals surface area contributed by atoms with Crippen molar-refractivity contribution in [1.29, 1.82) is 0 Å². The fourth-order valence-electron chi connectivity index (χ4n) is 1.44. The molecular weight excluding hydrogens is 215 g/mol. The highest BCUT2D eigenvalue weighted by atomic mass is 32.1. The largest absolute Gasteiger partial charge is 0.385 e. The zero-order chi connectivity index (χ0) is 10.8. The minimum Gasteiger partial charge on any atom is -0.385 e. The molecule has 1 N–H and O–H groups in total. The molecule has 0 amide bonds. The normalized spacial score (nSPS) is 13.3. The quantitative estimate of drug-likeness (QED) is 0.872. The Morgan fingerprint density at radius 3 is 3.00 bits per heavy atom. The molecule has 0 bridgehead atoms. The van der Waals surface area contributed by atoms with Crippen LogP contribution >= 0.6 is 11.3 Å². The first-order valence-electron chi connectivity index (χ1n) is 4.56. The molecule has 0 fully saturated rings. The number of hydrogen-bond acceptors (Lipinski definition) is 3. The van der Waals surface area contributed by atoms with Gasteiger partial charge in [0.05, 0.1) is 6.61 Å². The highest BCUT2D eigenvalue weighted by molar-refractivity contribution is 7.19. The molecule has 1 aromatic heterocycles. The molecule has 0 aliphatic heterocycles. The molecule has 0 saturated heterocycles. The summed E-state index contributed by atoms with van der Waals surface area (Å²) in [5.74, 6) is -0.256. The Morgan fingerprint density at radius 2 is 2.27 bits per heavy atom. The molecule has 2 aromatic rings. The third-order valence-electron chi connectivity index (χ3n) is 2.15. The smallest absolute Gasteiger partial charge is 0.123 e. The molecule has 0 aliphatic rings. The van der Waals surface area contributed by atoms with E-state index in [0.717, 1.165) is 15.0 Å². The molecular formula is C11H11FO2S. The summed E-state index contributed by atoms with van der Waals surface area (Å²) >= 11 is 1.46. The first kappa shape index (κ1) is 10.5. The predicted octanol–water partition coefficient (Wildman–Crippen LogP) is 2.72. The average Bonchev–Trinajstić information content (AvgIpc) is 2.60. The number of benzene rings is 1. The van der Waals surface area contributed by atoms with Crippen molar-refractivity contribution in [2.45, 2.75) is 6.10 Å². The van der Waals surface area contributed by atoms with Crippen molar-refractivity contribution in [2.24, 2.45) is 0 Å². The van der Waals surface area contributed by atoms with E-state index in [-0.39, 0.29) is 12.4 Å². The van der Waals surface area contributed by atoms with E-state index in [1.54, 1.807) is 12.1 Å². The average molecular weight is 226 g/mol.